The quantitative estimate of drug-likeness (QED) is 0.810. The van der Waals surface area contributed by atoms with Crippen molar-refractivity contribution in [1.29, 1.82) is 0 Å². The maximum absolute atomic E-state index is 5.13. The van der Waals surface area contributed by atoms with E-state index in [1.165, 1.54) is 0 Å². The number of benzene rings is 1. The molecular formula is C15H20N4O. The van der Waals surface area contributed by atoms with Gasteiger partial charge in [-0.05, 0) is 24.1 Å². The van der Waals surface area contributed by atoms with Crippen LogP contribution >= 0.6 is 0 Å². The highest BCUT2D eigenvalue weighted by Gasteiger charge is 2.00. The number of nitrogens with one attached hydrogen (secondary N) is 2. The molecule has 106 valence electrons. The van der Waals surface area contributed by atoms with E-state index in [4.69, 9.17) is 4.74 Å². The lowest BCUT2D eigenvalue weighted by molar-refractivity contribution is 0.185. The van der Waals surface area contributed by atoms with Crippen LogP contribution in [0.5, 0.6) is 0 Å². The van der Waals surface area contributed by atoms with Crippen LogP contribution in [0.4, 0.5) is 17.3 Å². The van der Waals surface area contributed by atoms with E-state index in [0.29, 0.717) is 6.61 Å². The van der Waals surface area contributed by atoms with E-state index in [9.17, 15) is 0 Å². The van der Waals surface area contributed by atoms with E-state index < -0.39 is 0 Å². The summed E-state index contributed by atoms with van der Waals surface area (Å²) in [5.74, 6) is 1.60. The molecule has 0 aliphatic carbocycles. The van der Waals surface area contributed by atoms with Gasteiger partial charge in [-0.2, -0.15) is 0 Å². The fraction of sp³-hybridized carbons (Fsp3) is 0.333. The second-order valence-electron chi connectivity index (χ2n) is 4.47. The fourth-order valence-corrected chi connectivity index (χ4v) is 1.83. The molecule has 0 amide bonds. The van der Waals surface area contributed by atoms with Gasteiger partial charge in [0, 0.05) is 25.4 Å². The molecule has 1 heterocycles. The van der Waals surface area contributed by atoms with Crippen molar-refractivity contribution in [3.63, 3.8) is 0 Å². The molecule has 0 radical (unpaired) electrons. The van der Waals surface area contributed by atoms with Gasteiger partial charge in [-0.15, -0.1) is 0 Å². The third-order valence-corrected chi connectivity index (χ3v) is 2.73. The van der Waals surface area contributed by atoms with Crippen molar-refractivity contribution >= 4 is 17.3 Å². The van der Waals surface area contributed by atoms with Crippen LogP contribution in [-0.4, -0.2) is 23.6 Å². The molecule has 0 spiro atoms. The summed E-state index contributed by atoms with van der Waals surface area (Å²) in [5, 5.41) is 6.51. The molecule has 1 aromatic heterocycles. The van der Waals surface area contributed by atoms with Crippen LogP contribution in [0.25, 0.3) is 0 Å². The number of methoxy groups -OCH3 is 1. The van der Waals surface area contributed by atoms with Gasteiger partial charge in [0.2, 0.25) is 0 Å². The molecule has 1 aromatic carbocycles. The fourth-order valence-electron chi connectivity index (χ4n) is 1.83. The summed E-state index contributed by atoms with van der Waals surface area (Å²) in [5.41, 5.74) is 2.11. The lowest BCUT2D eigenvalue weighted by Gasteiger charge is -2.09. The lowest BCUT2D eigenvalue weighted by Crippen LogP contribution is -2.03. The molecule has 0 aliphatic heterocycles. The summed E-state index contributed by atoms with van der Waals surface area (Å²) in [4.78, 5) is 8.41. The summed E-state index contributed by atoms with van der Waals surface area (Å²) < 4.78 is 5.13. The number of hydrogen-bond acceptors (Lipinski definition) is 5. The molecule has 0 atom stereocenters. The zero-order valence-electron chi connectivity index (χ0n) is 11.9. The van der Waals surface area contributed by atoms with Gasteiger partial charge in [0.1, 0.15) is 18.0 Å². The first-order valence-electron chi connectivity index (χ1n) is 6.72. The van der Waals surface area contributed by atoms with Crippen LogP contribution in [0.3, 0.4) is 0 Å². The molecular weight excluding hydrogens is 252 g/mol. The number of aromatic nitrogens is 2. The monoisotopic (exact) mass is 272 g/mol. The van der Waals surface area contributed by atoms with Crippen LogP contribution in [0.15, 0.2) is 36.7 Å². The molecule has 2 rings (SSSR count). The van der Waals surface area contributed by atoms with E-state index in [0.717, 1.165) is 35.9 Å². The third kappa shape index (κ3) is 4.20. The number of nitrogens with zero attached hydrogens (tertiary/aromatic N) is 2. The first-order valence-corrected chi connectivity index (χ1v) is 6.72. The van der Waals surface area contributed by atoms with Crippen LogP contribution in [0, 0.1) is 0 Å². The van der Waals surface area contributed by atoms with Crippen molar-refractivity contribution in [2.24, 2.45) is 0 Å². The van der Waals surface area contributed by atoms with Crippen molar-refractivity contribution < 1.29 is 4.74 Å². The number of hydrogen-bond donors (Lipinski definition) is 2. The highest BCUT2D eigenvalue weighted by atomic mass is 16.5. The third-order valence-electron chi connectivity index (χ3n) is 2.73. The van der Waals surface area contributed by atoms with E-state index in [-0.39, 0.29) is 0 Å². The Bertz CT molecular complexity index is 545. The minimum Gasteiger partial charge on any atom is -0.380 e. The molecule has 0 aliphatic rings. The van der Waals surface area contributed by atoms with Gasteiger partial charge in [0.15, 0.2) is 0 Å². The van der Waals surface area contributed by atoms with E-state index >= 15 is 0 Å². The molecule has 0 fully saturated rings. The summed E-state index contributed by atoms with van der Waals surface area (Å²) in [7, 11) is 1.69. The smallest absolute Gasteiger partial charge is 0.135 e. The Balaban J connectivity index is 2.07. The van der Waals surface area contributed by atoms with Crippen molar-refractivity contribution in [3.05, 3.63) is 42.2 Å². The first-order chi connectivity index (χ1) is 9.81. The average Bonchev–Trinajstić information content (AvgIpc) is 2.46. The van der Waals surface area contributed by atoms with Crippen molar-refractivity contribution in [2.45, 2.75) is 20.0 Å². The standard InChI is InChI=1S/C15H20N4O/c1-3-7-16-14-9-15(18-11-17-14)19-13-6-4-5-12(8-13)10-20-2/h4-6,8-9,11H,3,7,10H2,1-2H3,(H2,16,17,18,19). The minimum absolute atomic E-state index is 0.600. The second-order valence-corrected chi connectivity index (χ2v) is 4.47. The Morgan fingerprint density at radius 2 is 2.00 bits per heavy atom. The second kappa shape index (κ2) is 7.45. The molecule has 0 unspecified atom stereocenters. The highest BCUT2D eigenvalue weighted by Crippen LogP contribution is 2.17. The zero-order chi connectivity index (χ0) is 14.2. The largest absolute Gasteiger partial charge is 0.380 e. The summed E-state index contributed by atoms with van der Waals surface area (Å²) in [6, 6.07) is 9.97. The minimum atomic E-state index is 0.600. The van der Waals surface area contributed by atoms with Gasteiger partial charge in [-0.25, -0.2) is 9.97 Å². The molecule has 20 heavy (non-hydrogen) atoms. The Morgan fingerprint density at radius 3 is 2.80 bits per heavy atom. The maximum Gasteiger partial charge on any atom is 0.135 e. The molecule has 5 nitrogen and oxygen atoms in total. The summed E-state index contributed by atoms with van der Waals surface area (Å²) >= 11 is 0. The number of ether oxygens (including phenoxy) is 1. The number of rotatable bonds is 7. The van der Waals surface area contributed by atoms with Gasteiger partial charge in [0.05, 0.1) is 6.61 Å². The SMILES string of the molecule is CCCNc1cc(Nc2cccc(COC)c2)ncn1. The van der Waals surface area contributed by atoms with Crippen LogP contribution in [0.2, 0.25) is 0 Å². The van der Waals surface area contributed by atoms with Crippen LogP contribution in [0.1, 0.15) is 18.9 Å². The molecule has 0 saturated heterocycles. The predicted molar refractivity (Wildman–Crippen MR) is 81.3 cm³/mol. The molecule has 2 aromatic rings. The summed E-state index contributed by atoms with van der Waals surface area (Å²) in [6.07, 6.45) is 2.62. The highest BCUT2D eigenvalue weighted by molar-refractivity contribution is 5.59. The Hall–Kier alpha value is -2.14. The number of anilines is 3. The van der Waals surface area contributed by atoms with Crippen molar-refractivity contribution in [2.75, 3.05) is 24.3 Å². The van der Waals surface area contributed by atoms with Crippen molar-refractivity contribution in [1.82, 2.24) is 9.97 Å². The lowest BCUT2D eigenvalue weighted by atomic mass is 10.2. The molecule has 5 heteroatoms. The Kier molecular flexibility index (Phi) is 5.32. The van der Waals surface area contributed by atoms with Crippen LogP contribution in [-0.2, 0) is 11.3 Å². The predicted octanol–water partition coefficient (Wildman–Crippen LogP) is 3.19. The normalized spacial score (nSPS) is 10.3. The Labute approximate surface area is 119 Å². The molecule has 0 saturated carbocycles. The zero-order valence-corrected chi connectivity index (χ0v) is 11.9. The summed E-state index contributed by atoms with van der Waals surface area (Å²) in [6.45, 7) is 3.62. The maximum atomic E-state index is 5.13. The van der Waals surface area contributed by atoms with Gasteiger partial charge < -0.3 is 15.4 Å². The van der Waals surface area contributed by atoms with Crippen LogP contribution < -0.4 is 10.6 Å². The molecule has 0 bridgehead atoms. The van der Waals surface area contributed by atoms with Crippen molar-refractivity contribution in [3.8, 4) is 0 Å². The molecule has 2 N–H and O–H groups in total. The van der Waals surface area contributed by atoms with Gasteiger partial charge in [0.25, 0.3) is 0 Å². The van der Waals surface area contributed by atoms with Gasteiger partial charge in [-0.3, -0.25) is 0 Å². The van der Waals surface area contributed by atoms with Gasteiger partial charge >= 0.3 is 0 Å². The Morgan fingerprint density at radius 1 is 1.15 bits per heavy atom. The van der Waals surface area contributed by atoms with E-state index in [2.05, 4.69) is 27.5 Å². The van der Waals surface area contributed by atoms with E-state index in [1.54, 1.807) is 13.4 Å². The average molecular weight is 272 g/mol. The first kappa shape index (κ1) is 14.3. The topological polar surface area (TPSA) is 59.1 Å². The van der Waals surface area contributed by atoms with Gasteiger partial charge in [-0.1, -0.05) is 19.1 Å². The van der Waals surface area contributed by atoms with E-state index in [1.807, 2.05) is 30.3 Å².